The molecule has 2 heterocycles. The minimum Gasteiger partial charge on any atom is -0.465 e. The maximum atomic E-state index is 11.7. The van der Waals surface area contributed by atoms with Crippen molar-refractivity contribution in [2.45, 2.75) is 38.0 Å². The molecule has 142 valence electrons. The molecule has 5 nitrogen and oxygen atoms in total. The topological polar surface area (TPSA) is 67.8 Å². The number of benzene rings is 2. The lowest BCUT2D eigenvalue weighted by molar-refractivity contribution is -0.110. The largest absolute Gasteiger partial charge is 0.465 e. The zero-order valence-electron chi connectivity index (χ0n) is 15.6. The smallest absolute Gasteiger partial charge is 0.337 e. The number of aliphatic hydroxyl groups is 1. The molecule has 2 aromatic rings. The fourth-order valence-corrected chi connectivity index (χ4v) is 4.28. The van der Waals surface area contributed by atoms with Crippen LogP contribution in [0.3, 0.4) is 0 Å². The maximum absolute atomic E-state index is 11.7. The molecule has 1 fully saturated rings. The van der Waals surface area contributed by atoms with Crippen molar-refractivity contribution in [1.29, 1.82) is 0 Å². The van der Waals surface area contributed by atoms with Gasteiger partial charge in [0.2, 0.25) is 0 Å². The van der Waals surface area contributed by atoms with E-state index in [2.05, 4.69) is 30.4 Å². The van der Waals surface area contributed by atoms with Gasteiger partial charge in [-0.3, -0.25) is 0 Å². The van der Waals surface area contributed by atoms with Crippen LogP contribution in [0.4, 0.5) is 5.69 Å². The Morgan fingerprint density at radius 1 is 1.22 bits per heavy atom. The fourth-order valence-electron chi connectivity index (χ4n) is 4.28. The Morgan fingerprint density at radius 2 is 2.00 bits per heavy atom. The number of carbonyl (C=O) groups is 1. The quantitative estimate of drug-likeness (QED) is 0.808. The number of anilines is 1. The molecule has 2 aromatic carbocycles. The van der Waals surface area contributed by atoms with Crippen LogP contribution in [-0.2, 0) is 9.47 Å². The summed E-state index contributed by atoms with van der Waals surface area (Å²) in [6.45, 7) is 2.13. The molecule has 0 aliphatic carbocycles. The van der Waals surface area contributed by atoms with Crippen molar-refractivity contribution in [1.82, 2.24) is 0 Å². The molecule has 1 unspecified atom stereocenters. The van der Waals surface area contributed by atoms with Crippen molar-refractivity contribution in [2.75, 3.05) is 19.0 Å². The number of rotatable bonds is 3. The molecule has 0 bridgehead atoms. The van der Waals surface area contributed by atoms with Gasteiger partial charge in [0, 0.05) is 17.2 Å². The summed E-state index contributed by atoms with van der Waals surface area (Å²) in [6, 6.07) is 14.0. The second-order valence-electron chi connectivity index (χ2n) is 7.43. The first-order chi connectivity index (χ1) is 13.1. The monoisotopic (exact) mass is 367 g/mol. The van der Waals surface area contributed by atoms with Crippen molar-refractivity contribution in [3.63, 3.8) is 0 Å². The lowest BCUT2D eigenvalue weighted by Gasteiger charge is -2.45. The molecular weight excluding hydrogens is 342 g/mol. The first-order valence-electron chi connectivity index (χ1n) is 9.42. The Hall–Kier alpha value is -2.37. The summed E-state index contributed by atoms with van der Waals surface area (Å²) in [5.41, 5.74) is 5.10. The van der Waals surface area contributed by atoms with E-state index < -0.39 is 0 Å². The second kappa shape index (κ2) is 7.33. The van der Waals surface area contributed by atoms with Gasteiger partial charge in [0.25, 0.3) is 0 Å². The molecular formula is C22H25NO4. The van der Waals surface area contributed by atoms with Crippen LogP contribution in [0.2, 0.25) is 0 Å². The van der Waals surface area contributed by atoms with Crippen molar-refractivity contribution < 1.29 is 19.4 Å². The SMILES string of the molecule is COC(=O)c1ccc([C@@H]2Nc3ccc(C)cc3[C@@H]3OC(CO)CC[C@H]23)cc1. The van der Waals surface area contributed by atoms with Gasteiger partial charge >= 0.3 is 5.97 Å². The summed E-state index contributed by atoms with van der Waals surface area (Å²) in [5, 5.41) is 13.3. The Bertz CT molecular complexity index is 833. The molecule has 0 saturated carbocycles. The number of aliphatic hydroxyl groups excluding tert-OH is 1. The van der Waals surface area contributed by atoms with Gasteiger partial charge in [-0.25, -0.2) is 4.79 Å². The van der Waals surface area contributed by atoms with Crippen molar-refractivity contribution >= 4 is 11.7 Å². The molecule has 0 spiro atoms. The number of carbonyl (C=O) groups excluding carboxylic acids is 1. The summed E-state index contributed by atoms with van der Waals surface area (Å²) in [7, 11) is 1.39. The molecule has 0 aromatic heterocycles. The minimum atomic E-state index is -0.330. The van der Waals surface area contributed by atoms with Crippen molar-refractivity contribution in [2.24, 2.45) is 5.92 Å². The summed E-state index contributed by atoms with van der Waals surface area (Å²) in [6.07, 6.45) is 1.66. The highest BCUT2D eigenvalue weighted by molar-refractivity contribution is 5.89. The Labute approximate surface area is 159 Å². The van der Waals surface area contributed by atoms with Crippen LogP contribution < -0.4 is 5.32 Å². The highest BCUT2D eigenvalue weighted by Crippen LogP contribution is 2.50. The molecule has 0 radical (unpaired) electrons. The van der Waals surface area contributed by atoms with Gasteiger partial charge in [-0.15, -0.1) is 0 Å². The van der Waals surface area contributed by atoms with E-state index in [1.807, 2.05) is 24.3 Å². The van der Waals surface area contributed by atoms with Gasteiger partial charge in [-0.1, -0.05) is 29.8 Å². The van der Waals surface area contributed by atoms with E-state index in [1.54, 1.807) is 0 Å². The number of esters is 1. The Balaban J connectivity index is 1.69. The molecule has 1 saturated heterocycles. The van der Waals surface area contributed by atoms with Gasteiger partial charge in [0.15, 0.2) is 0 Å². The molecule has 5 heteroatoms. The molecule has 2 N–H and O–H groups in total. The van der Waals surface area contributed by atoms with E-state index in [-0.39, 0.29) is 36.7 Å². The molecule has 27 heavy (non-hydrogen) atoms. The van der Waals surface area contributed by atoms with Crippen LogP contribution >= 0.6 is 0 Å². The van der Waals surface area contributed by atoms with Gasteiger partial charge in [0.05, 0.1) is 37.5 Å². The van der Waals surface area contributed by atoms with Crippen molar-refractivity contribution in [3.8, 4) is 0 Å². The van der Waals surface area contributed by atoms with Gasteiger partial charge in [0.1, 0.15) is 0 Å². The van der Waals surface area contributed by atoms with E-state index >= 15 is 0 Å². The van der Waals surface area contributed by atoms with Gasteiger partial charge in [-0.2, -0.15) is 0 Å². The average molecular weight is 367 g/mol. The van der Waals surface area contributed by atoms with E-state index in [0.717, 1.165) is 24.1 Å². The zero-order valence-corrected chi connectivity index (χ0v) is 15.6. The Morgan fingerprint density at radius 3 is 2.70 bits per heavy atom. The highest BCUT2D eigenvalue weighted by atomic mass is 16.5. The third kappa shape index (κ3) is 3.33. The molecule has 2 aliphatic heterocycles. The highest BCUT2D eigenvalue weighted by Gasteiger charge is 2.42. The van der Waals surface area contributed by atoms with E-state index in [0.29, 0.717) is 5.56 Å². The zero-order chi connectivity index (χ0) is 19.0. The lowest BCUT2D eigenvalue weighted by Crippen LogP contribution is -2.40. The maximum Gasteiger partial charge on any atom is 0.337 e. The lowest BCUT2D eigenvalue weighted by atomic mass is 9.76. The van der Waals surface area contributed by atoms with Crippen LogP contribution in [-0.4, -0.2) is 30.9 Å². The van der Waals surface area contributed by atoms with Crippen LogP contribution in [0.1, 0.15) is 52.0 Å². The third-order valence-electron chi connectivity index (χ3n) is 5.70. The van der Waals surface area contributed by atoms with Gasteiger partial charge in [-0.05, 0) is 43.5 Å². The number of nitrogens with one attached hydrogen (secondary N) is 1. The number of methoxy groups -OCH3 is 1. The van der Waals surface area contributed by atoms with E-state index in [4.69, 9.17) is 9.47 Å². The van der Waals surface area contributed by atoms with Crippen LogP contribution in [0, 0.1) is 12.8 Å². The summed E-state index contributed by atoms with van der Waals surface area (Å²) in [4.78, 5) is 11.7. The van der Waals surface area contributed by atoms with Crippen LogP contribution in [0.5, 0.6) is 0 Å². The average Bonchev–Trinajstić information content (AvgIpc) is 2.72. The normalized spacial score (nSPS) is 26.5. The van der Waals surface area contributed by atoms with Crippen LogP contribution in [0.15, 0.2) is 42.5 Å². The van der Waals surface area contributed by atoms with Gasteiger partial charge < -0.3 is 19.9 Å². The number of hydrogen-bond donors (Lipinski definition) is 2. The summed E-state index contributed by atoms with van der Waals surface area (Å²) >= 11 is 0. The molecule has 4 rings (SSSR count). The Kier molecular flexibility index (Phi) is 4.89. The van der Waals surface area contributed by atoms with E-state index in [9.17, 15) is 9.90 Å². The molecule has 2 aliphatic rings. The molecule has 0 amide bonds. The first kappa shape index (κ1) is 18.0. The number of ether oxygens (including phenoxy) is 2. The summed E-state index contributed by atoms with van der Waals surface area (Å²) < 4.78 is 11.1. The van der Waals surface area contributed by atoms with Crippen molar-refractivity contribution in [3.05, 3.63) is 64.7 Å². The first-order valence-corrected chi connectivity index (χ1v) is 9.42. The number of hydrogen-bond acceptors (Lipinski definition) is 5. The number of fused-ring (bicyclic) bond motifs is 3. The predicted octanol–water partition coefficient (Wildman–Crippen LogP) is 3.78. The third-order valence-corrected chi connectivity index (χ3v) is 5.70. The van der Waals surface area contributed by atoms with Crippen LogP contribution in [0.25, 0.3) is 0 Å². The summed E-state index contributed by atoms with van der Waals surface area (Å²) in [5.74, 6) is -0.0604. The fraction of sp³-hybridized carbons (Fsp3) is 0.409. The standard InChI is InChI=1S/C22H25NO4/c1-13-3-10-19-18(11-13)21-17(9-8-16(12-24)27-21)20(23-19)14-4-6-15(7-5-14)22(25)26-2/h3-7,10-11,16-17,20-21,23-24H,8-9,12H2,1-2H3/t16?,17-,20+,21-/m1/s1. The predicted molar refractivity (Wildman–Crippen MR) is 103 cm³/mol. The number of aryl methyl sites for hydroxylation is 1. The molecule has 4 atom stereocenters. The minimum absolute atomic E-state index is 0.0441. The van der Waals surface area contributed by atoms with E-state index in [1.165, 1.54) is 18.2 Å². The second-order valence-corrected chi connectivity index (χ2v) is 7.43.